The largest absolute Gasteiger partial charge is 0.387 e. The topological polar surface area (TPSA) is 84.6 Å². The molecule has 0 saturated heterocycles. The van der Waals surface area contributed by atoms with Gasteiger partial charge in [0.2, 0.25) is 0 Å². The van der Waals surface area contributed by atoms with Crippen LogP contribution in [0.5, 0.6) is 0 Å². The van der Waals surface area contributed by atoms with Crippen LogP contribution in [-0.2, 0) is 0 Å². The van der Waals surface area contributed by atoms with Crippen LogP contribution >= 0.6 is 0 Å². The first-order valence-corrected chi connectivity index (χ1v) is 6.88. The summed E-state index contributed by atoms with van der Waals surface area (Å²) in [6, 6.07) is 16.1. The number of para-hydroxylation sites is 1. The zero-order valence-electron chi connectivity index (χ0n) is 11.6. The molecule has 2 aromatic carbocycles. The molecule has 5 nitrogen and oxygen atoms in total. The van der Waals surface area contributed by atoms with Crippen molar-refractivity contribution in [2.24, 2.45) is 0 Å². The summed E-state index contributed by atoms with van der Waals surface area (Å²) < 4.78 is 0. The monoisotopic (exact) mass is 294 g/mol. The molecular formula is C17H14N2O3. The van der Waals surface area contributed by atoms with E-state index in [-0.39, 0.29) is 5.91 Å². The molecule has 0 saturated carbocycles. The number of amides is 1. The normalized spacial score (nSPS) is 23.5. The minimum Gasteiger partial charge on any atom is -0.387 e. The highest BCUT2D eigenvalue weighted by molar-refractivity contribution is 6.07. The molecule has 22 heavy (non-hydrogen) atoms. The predicted octanol–water partition coefficient (Wildman–Crippen LogP) is 1.63. The number of aliphatic hydroxyl groups excluding tert-OH is 2. The molecule has 0 bridgehead atoms. The van der Waals surface area contributed by atoms with Crippen molar-refractivity contribution < 1.29 is 15.0 Å². The summed E-state index contributed by atoms with van der Waals surface area (Å²) in [4.78, 5) is 14.0. The van der Waals surface area contributed by atoms with Crippen molar-refractivity contribution in [3.05, 3.63) is 65.7 Å². The van der Waals surface area contributed by atoms with Gasteiger partial charge in [-0.05, 0) is 18.2 Å². The lowest BCUT2D eigenvalue weighted by atomic mass is 9.90. The molecule has 0 fully saturated rings. The van der Waals surface area contributed by atoms with Crippen molar-refractivity contribution in [2.75, 3.05) is 4.90 Å². The molecule has 2 aromatic rings. The lowest BCUT2D eigenvalue weighted by molar-refractivity contribution is 0.00562. The quantitative estimate of drug-likeness (QED) is 0.837. The van der Waals surface area contributed by atoms with Gasteiger partial charge in [0, 0.05) is 11.1 Å². The van der Waals surface area contributed by atoms with E-state index >= 15 is 0 Å². The van der Waals surface area contributed by atoms with Gasteiger partial charge in [-0.1, -0.05) is 36.4 Å². The van der Waals surface area contributed by atoms with E-state index in [1.165, 1.54) is 4.90 Å². The zero-order chi connectivity index (χ0) is 15.7. The van der Waals surface area contributed by atoms with Gasteiger partial charge in [0.25, 0.3) is 5.91 Å². The van der Waals surface area contributed by atoms with Crippen molar-refractivity contribution in [1.29, 1.82) is 5.26 Å². The second-order valence-electron chi connectivity index (χ2n) is 5.11. The Kier molecular flexibility index (Phi) is 3.63. The van der Waals surface area contributed by atoms with Gasteiger partial charge in [0.1, 0.15) is 12.2 Å². The molecule has 110 valence electrons. The van der Waals surface area contributed by atoms with Gasteiger partial charge < -0.3 is 10.2 Å². The lowest BCUT2D eigenvalue weighted by Crippen LogP contribution is -2.52. The third-order valence-corrected chi connectivity index (χ3v) is 3.81. The van der Waals surface area contributed by atoms with Crippen LogP contribution in [0.3, 0.4) is 0 Å². The average molecular weight is 294 g/mol. The Hall–Kier alpha value is -2.68. The van der Waals surface area contributed by atoms with Crippen molar-refractivity contribution in [1.82, 2.24) is 0 Å². The van der Waals surface area contributed by atoms with Gasteiger partial charge >= 0.3 is 0 Å². The number of aliphatic hydroxyl groups is 2. The summed E-state index contributed by atoms with van der Waals surface area (Å²) in [5, 5.41) is 29.7. The van der Waals surface area contributed by atoms with E-state index in [0.29, 0.717) is 16.8 Å². The van der Waals surface area contributed by atoms with Gasteiger partial charge in [-0.15, -0.1) is 0 Å². The first kappa shape index (κ1) is 14.3. The van der Waals surface area contributed by atoms with Gasteiger partial charge in [0.15, 0.2) is 6.04 Å². The van der Waals surface area contributed by atoms with Crippen LogP contribution in [0.25, 0.3) is 0 Å². The minimum absolute atomic E-state index is 0.384. The molecular weight excluding hydrogens is 280 g/mol. The van der Waals surface area contributed by atoms with Gasteiger partial charge in [0.05, 0.1) is 11.8 Å². The molecule has 0 aromatic heterocycles. The third kappa shape index (κ3) is 2.15. The van der Waals surface area contributed by atoms with E-state index in [1.807, 2.05) is 6.07 Å². The Bertz CT molecular complexity index is 739. The van der Waals surface area contributed by atoms with E-state index in [4.69, 9.17) is 0 Å². The Morgan fingerprint density at radius 1 is 1.05 bits per heavy atom. The van der Waals surface area contributed by atoms with Crippen LogP contribution in [-0.4, -0.2) is 28.3 Å². The Balaban J connectivity index is 2.14. The van der Waals surface area contributed by atoms with Crippen LogP contribution in [0, 0.1) is 11.3 Å². The Morgan fingerprint density at radius 2 is 1.68 bits per heavy atom. The van der Waals surface area contributed by atoms with Crippen LogP contribution < -0.4 is 4.90 Å². The summed E-state index contributed by atoms with van der Waals surface area (Å²) in [5.41, 5.74) is 1.30. The highest BCUT2D eigenvalue weighted by atomic mass is 16.3. The van der Waals surface area contributed by atoms with E-state index < -0.39 is 18.2 Å². The molecule has 1 aliphatic heterocycles. The molecule has 1 heterocycles. The predicted molar refractivity (Wildman–Crippen MR) is 80.1 cm³/mol. The maximum Gasteiger partial charge on any atom is 0.259 e. The highest BCUT2D eigenvalue weighted by Crippen LogP contribution is 2.37. The summed E-state index contributed by atoms with van der Waals surface area (Å²) >= 11 is 0. The van der Waals surface area contributed by atoms with Crippen LogP contribution in [0.15, 0.2) is 54.6 Å². The standard InChI is InChI=1S/C17H14N2O3/c18-10-14-16(21)15(20)12-8-4-5-9-13(12)19(14)17(22)11-6-2-1-3-7-11/h1-9,14-16,20-21H/t14-,15-,16-/m1/s1. The molecule has 3 rings (SSSR count). The Morgan fingerprint density at radius 3 is 2.36 bits per heavy atom. The maximum atomic E-state index is 12.8. The maximum absolute atomic E-state index is 12.8. The first-order chi connectivity index (χ1) is 10.6. The van der Waals surface area contributed by atoms with Gasteiger partial charge in [-0.3, -0.25) is 9.69 Å². The van der Waals surface area contributed by atoms with Crippen molar-refractivity contribution in [3.8, 4) is 6.07 Å². The zero-order valence-corrected chi connectivity index (χ0v) is 11.6. The number of rotatable bonds is 1. The number of nitrogens with zero attached hydrogens (tertiary/aromatic N) is 2. The number of fused-ring (bicyclic) bond motifs is 1. The second kappa shape index (κ2) is 5.60. The molecule has 1 aliphatic rings. The molecule has 0 aliphatic carbocycles. The second-order valence-corrected chi connectivity index (χ2v) is 5.11. The van der Waals surface area contributed by atoms with Crippen molar-refractivity contribution in [3.63, 3.8) is 0 Å². The summed E-state index contributed by atoms with van der Waals surface area (Å²) in [5.74, 6) is -0.384. The van der Waals surface area contributed by atoms with E-state index in [2.05, 4.69) is 0 Å². The minimum atomic E-state index is -1.35. The molecule has 0 radical (unpaired) electrons. The molecule has 2 N–H and O–H groups in total. The number of carbonyl (C=O) groups is 1. The summed E-state index contributed by atoms with van der Waals surface area (Å²) in [7, 11) is 0. The fourth-order valence-corrected chi connectivity index (χ4v) is 2.71. The number of hydrogen-bond acceptors (Lipinski definition) is 4. The van der Waals surface area contributed by atoms with Crippen molar-refractivity contribution >= 4 is 11.6 Å². The molecule has 0 spiro atoms. The van der Waals surface area contributed by atoms with Gasteiger partial charge in [-0.2, -0.15) is 5.26 Å². The molecule has 1 amide bonds. The molecule has 5 heteroatoms. The fraction of sp³-hybridized carbons (Fsp3) is 0.176. The van der Waals surface area contributed by atoms with Crippen LogP contribution in [0.4, 0.5) is 5.69 Å². The van der Waals surface area contributed by atoms with Crippen LogP contribution in [0.1, 0.15) is 22.0 Å². The number of anilines is 1. The first-order valence-electron chi connectivity index (χ1n) is 6.88. The number of hydrogen-bond donors (Lipinski definition) is 2. The third-order valence-electron chi connectivity index (χ3n) is 3.81. The number of benzene rings is 2. The smallest absolute Gasteiger partial charge is 0.259 e. The van der Waals surface area contributed by atoms with Gasteiger partial charge in [-0.25, -0.2) is 0 Å². The van der Waals surface area contributed by atoms with E-state index in [9.17, 15) is 20.3 Å². The fourth-order valence-electron chi connectivity index (χ4n) is 2.71. The summed E-state index contributed by atoms with van der Waals surface area (Å²) in [6.45, 7) is 0. The van der Waals surface area contributed by atoms with E-state index in [0.717, 1.165) is 0 Å². The Labute approximate surface area is 127 Å². The lowest BCUT2D eigenvalue weighted by Gasteiger charge is -2.39. The van der Waals surface area contributed by atoms with E-state index in [1.54, 1.807) is 54.6 Å². The van der Waals surface area contributed by atoms with Crippen molar-refractivity contribution in [2.45, 2.75) is 18.2 Å². The molecule has 3 atom stereocenters. The molecule has 0 unspecified atom stereocenters. The number of carbonyl (C=O) groups excluding carboxylic acids is 1. The highest BCUT2D eigenvalue weighted by Gasteiger charge is 2.42. The number of nitriles is 1. The SMILES string of the molecule is N#C[C@@H]1[C@@H](O)[C@H](O)c2ccccc2N1C(=O)c1ccccc1. The average Bonchev–Trinajstić information content (AvgIpc) is 2.58. The van der Waals surface area contributed by atoms with Crippen LogP contribution in [0.2, 0.25) is 0 Å². The summed E-state index contributed by atoms with van der Waals surface area (Å²) in [6.07, 6.45) is -2.55.